The molecule has 134 valence electrons. The Bertz CT molecular complexity index is 836. The summed E-state index contributed by atoms with van der Waals surface area (Å²) < 4.78 is 0. The lowest BCUT2D eigenvalue weighted by Gasteiger charge is -2.19. The highest BCUT2D eigenvalue weighted by Gasteiger charge is 2.23. The van der Waals surface area contributed by atoms with Crippen LogP contribution in [0.15, 0.2) is 42.6 Å². The van der Waals surface area contributed by atoms with Gasteiger partial charge in [-0.1, -0.05) is 12.1 Å². The number of rotatable bonds is 4. The lowest BCUT2D eigenvalue weighted by atomic mass is 10.1. The van der Waals surface area contributed by atoms with E-state index in [1.165, 1.54) is 0 Å². The van der Waals surface area contributed by atoms with Gasteiger partial charge >= 0.3 is 11.8 Å². The van der Waals surface area contributed by atoms with Crippen molar-refractivity contribution in [1.29, 1.82) is 0 Å². The Morgan fingerprint density at radius 1 is 1.19 bits per heavy atom. The number of carbonyl (C=O) groups is 3. The molecule has 2 N–H and O–H groups in total. The number of aromatic nitrogens is 1. The second-order valence-corrected chi connectivity index (χ2v) is 6.11. The summed E-state index contributed by atoms with van der Waals surface area (Å²) in [7, 11) is 0. The van der Waals surface area contributed by atoms with Crippen LogP contribution in [0, 0.1) is 6.92 Å². The third-order valence-corrected chi connectivity index (χ3v) is 4.19. The minimum atomic E-state index is -0.761. The molecule has 0 atom stereocenters. The summed E-state index contributed by atoms with van der Waals surface area (Å²) in [5.74, 6) is -1.43. The van der Waals surface area contributed by atoms with Gasteiger partial charge < -0.3 is 15.5 Å². The number of nitrogens with one attached hydrogen (secondary N) is 2. The first-order valence-electron chi connectivity index (χ1n) is 8.44. The number of hydrogen-bond acceptors (Lipinski definition) is 4. The van der Waals surface area contributed by atoms with Crippen LogP contribution >= 0.6 is 0 Å². The molecule has 26 heavy (non-hydrogen) atoms. The van der Waals surface area contributed by atoms with Gasteiger partial charge in [0, 0.05) is 30.5 Å². The van der Waals surface area contributed by atoms with Crippen LogP contribution in [0.4, 0.5) is 11.4 Å². The summed E-state index contributed by atoms with van der Waals surface area (Å²) in [6.45, 7) is 2.75. The second-order valence-electron chi connectivity index (χ2n) is 6.11. The van der Waals surface area contributed by atoms with Crippen molar-refractivity contribution >= 4 is 29.1 Å². The number of hydrogen-bond donors (Lipinski definition) is 2. The first-order chi connectivity index (χ1) is 12.5. The number of anilines is 2. The summed E-state index contributed by atoms with van der Waals surface area (Å²) in [6.07, 6.45) is 2.98. The van der Waals surface area contributed by atoms with Crippen LogP contribution in [0.3, 0.4) is 0 Å². The minimum absolute atomic E-state index is 0.0738. The molecule has 7 heteroatoms. The van der Waals surface area contributed by atoms with Gasteiger partial charge in [-0.05, 0) is 43.2 Å². The summed E-state index contributed by atoms with van der Waals surface area (Å²) in [4.78, 5) is 41.8. The number of nitrogens with zero attached hydrogens (tertiary/aromatic N) is 2. The molecular formula is C19H20N4O3. The fourth-order valence-electron chi connectivity index (χ4n) is 2.82. The monoisotopic (exact) mass is 352 g/mol. The van der Waals surface area contributed by atoms with E-state index in [0.717, 1.165) is 17.7 Å². The second kappa shape index (κ2) is 7.77. The molecule has 1 aliphatic heterocycles. The third-order valence-electron chi connectivity index (χ3n) is 4.19. The van der Waals surface area contributed by atoms with Gasteiger partial charge in [-0.3, -0.25) is 19.4 Å². The molecule has 1 aromatic heterocycles. The molecule has 7 nitrogen and oxygen atoms in total. The number of carbonyl (C=O) groups excluding carboxylic acids is 3. The van der Waals surface area contributed by atoms with E-state index in [1.54, 1.807) is 35.4 Å². The van der Waals surface area contributed by atoms with Gasteiger partial charge in [-0.15, -0.1) is 0 Å². The third kappa shape index (κ3) is 4.05. The highest BCUT2D eigenvalue weighted by Crippen LogP contribution is 2.28. The fraction of sp³-hybridized carbons (Fsp3) is 0.263. The average molecular weight is 352 g/mol. The topological polar surface area (TPSA) is 91.4 Å². The molecule has 0 saturated carbocycles. The first kappa shape index (κ1) is 17.6. The Kier molecular flexibility index (Phi) is 5.26. The quantitative estimate of drug-likeness (QED) is 0.821. The zero-order valence-corrected chi connectivity index (χ0v) is 14.5. The molecule has 0 radical (unpaired) electrons. The molecule has 0 aliphatic carbocycles. The lowest BCUT2D eigenvalue weighted by molar-refractivity contribution is -0.136. The number of benzene rings is 1. The van der Waals surface area contributed by atoms with Crippen molar-refractivity contribution in [2.24, 2.45) is 0 Å². The molecule has 0 unspecified atom stereocenters. The minimum Gasteiger partial charge on any atom is -0.342 e. The van der Waals surface area contributed by atoms with Crippen LogP contribution in [0.1, 0.15) is 24.1 Å². The standard InChI is InChI=1S/C19H20N4O3/c1-13-7-8-14(11-16(13)23-10-4-6-17(23)24)22-19(26)18(25)21-12-15-5-2-3-9-20-15/h2-3,5,7-9,11H,4,6,10,12H2,1H3,(H,21,25)(H,22,26). The van der Waals surface area contributed by atoms with Gasteiger partial charge in [0.25, 0.3) is 0 Å². The van der Waals surface area contributed by atoms with Gasteiger partial charge in [0.15, 0.2) is 0 Å². The maximum absolute atomic E-state index is 12.1. The largest absolute Gasteiger partial charge is 0.342 e. The Morgan fingerprint density at radius 2 is 2.04 bits per heavy atom. The van der Waals surface area contributed by atoms with Crippen molar-refractivity contribution in [1.82, 2.24) is 10.3 Å². The Hall–Kier alpha value is -3.22. The molecule has 0 spiro atoms. The zero-order chi connectivity index (χ0) is 18.5. The predicted molar refractivity (Wildman–Crippen MR) is 97.5 cm³/mol. The van der Waals surface area contributed by atoms with Crippen molar-refractivity contribution in [3.05, 3.63) is 53.9 Å². The summed E-state index contributed by atoms with van der Waals surface area (Å²) in [5, 5.41) is 5.10. The molecule has 1 aromatic carbocycles. The summed E-state index contributed by atoms with van der Waals surface area (Å²) in [5.41, 5.74) is 2.85. The van der Waals surface area contributed by atoms with E-state index in [0.29, 0.717) is 24.3 Å². The normalized spacial score (nSPS) is 13.6. The molecule has 1 saturated heterocycles. The van der Waals surface area contributed by atoms with Crippen molar-refractivity contribution in [3.63, 3.8) is 0 Å². The smallest absolute Gasteiger partial charge is 0.313 e. The van der Waals surface area contributed by atoms with Crippen LogP contribution in [0.2, 0.25) is 0 Å². The van der Waals surface area contributed by atoms with Gasteiger partial charge in [0.05, 0.1) is 12.2 Å². The first-order valence-corrected chi connectivity index (χ1v) is 8.44. The van der Waals surface area contributed by atoms with E-state index in [-0.39, 0.29) is 12.5 Å². The van der Waals surface area contributed by atoms with Gasteiger partial charge in [-0.25, -0.2) is 0 Å². The molecule has 0 bridgehead atoms. The number of aryl methyl sites for hydroxylation is 1. The van der Waals surface area contributed by atoms with Crippen LogP contribution in [0.25, 0.3) is 0 Å². The molecule has 1 aliphatic rings. The fourth-order valence-corrected chi connectivity index (χ4v) is 2.82. The van der Waals surface area contributed by atoms with Crippen molar-refractivity contribution in [3.8, 4) is 0 Å². The van der Waals surface area contributed by atoms with E-state index in [9.17, 15) is 14.4 Å². The Labute approximate surface area is 151 Å². The predicted octanol–water partition coefficient (Wildman–Crippen LogP) is 1.77. The van der Waals surface area contributed by atoms with E-state index < -0.39 is 11.8 Å². The highest BCUT2D eigenvalue weighted by atomic mass is 16.2. The highest BCUT2D eigenvalue weighted by molar-refractivity contribution is 6.39. The number of pyridine rings is 1. The van der Waals surface area contributed by atoms with Crippen molar-refractivity contribution in [2.75, 3.05) is 16.8 Å². The van der Waals surface area contributed by atoms with Crippen LogP contribution < -0.4 is 15.5 Å². The molecule has 2 aromatic rings. The van der Waals surface area contributed by atoms with Crippen molar-refractivity contribution < 1.29 is 14.4 Å². The average Bonchev–Trinajstić information content (AvgIpc) is 3.08. The van der Waals surface area contributed by atoms with E-state index in [4.69, 9.17) is 0 Å². The lowest BCUT2D eigenvalue weighted by Crippen LogP contribution is -2.35. The summed E-state index contributed by atoms with van der Waals surface area (Å²) in [6, 6.07) is 10.6. The zero-order valence-electron chi connectivity index (χ0n) is 14.5. The van der Waals surface area contributed by atoms with Gasteiger partial charge in [0.1, 0.15) is 0 Å². The SMILES string of the molecule is Cc1ccc(NC(=O)C(=O)NCc2ccccn2)cc1N1CCCC1=O. The molecule has 1 fully saturated rings. The van der Waals surface area contributed by atoms with Gasteiger partial charge in [-0.2, -0.15) is 0 Å². The molecule has 2 heterocycles. The molecular weight excluding hydrogens is 332 g/mol. The Balaban J connectivity index is 1.63. The number of amides is 3. The Morgan fingerprint density at radius 3 is 2.73 bits per heavy atom. The van der Waals surface area contributed by atoms with E-state index >= 15 is 0 Å². The van der Waals surface area contributed by atoms with Gasteiger partial charge in [0.2, 0.25) is 5.91 Å². The molecule has 3 amide bonds. The summed E-state index contributed by atoms with van der Waals surface area (Å²) >= 11 is 0. The van der Waals surface area contributed by atoms with Crippen LogP contribution in [0.5, 0.6) is 0 Å². The molecule has 3 rings (SSSR count). The van der Waals surface area contributed by atoms with Crippen molar-refractivity contribution in [2.45, 2.75) is 26.3 Å². The van der Waals surface area contributed by atoms with E-state index in [1.807, 2.05) is 19.1 Å². The van der Waals surface area contributed by atoms with E-state index in [2.05, 4.69) is 15.6 Å². The maximum Gasteiger partial charge on any atom is 0.313 e. The van der Waals surface area contributed by atoms with Crippen LogP contribution in [-0.4, -0.2) is 29.3 Å². The maximum atomic E-state index is 12.1. The van der Waals surface area contributed by atoms with Crippen LogP contribution in [-0.2, 0) is 20.9 Å².